The van der Waals surface area contributed by atoms with Crippen molar-refractivity contribution >= 4 is 28.9 Å². The minimum atomic E-state index is -0.200. The Morgan fingerprint density at radius 2 is 1.95 bits per heavy atom. The van der Waals surface area contributed by atoms with E-state index in [4.69, 9.17) is 11.6 Å². The second kappa shape index (κ2) is 6.86. The number of aryl methyl sites for hydroxylation is 1. The summed E-state index contributed by atoms with van der Waals surface area (Å²) in [4.78, 5) is 2.04. The quantitative estimate of drug-likeness (QED) is 0.816. The standard InChI is InChI=1S/C18H17ClFNS/c1-12-2-4-18(16(19)10-12)22-17-5-3-14(20)11-15(17)13-6-8-21-9-7-13/h2-6,10-11,21H,7-9H2,1H3. The number of hydrogen-bond acceptors (Lipinski definition) is 2. The van der Waals surface area contributed by atoms with Crippen LogP contribution in [0.25, 0.3) is 5.57 Å². The summed E-state index contributed by atoms with van der Waals surface area (Å²) in [6, 6.07) is 11.0. The summed E-state index contributed by atoms with van der Waals surface area (Å²) in [5.74, 6) is -0.200. The van der Waals surface area contributed by atoms with Gasteiger partial charge in [0.15, 0.2) is 0 Å². The third-order valence-corrected chi connectivity index (χ3v) is 5.24. The molecular formula is C18H17ClFNS. The lowest BCUT2D eigenvalue weighted by atomic mass is 10.0. The van der Waals surface area contributed by atoms with Crippen LogP contribution in [-0.4, -0.2) is 13.1 Å². The average molecular weight is 334 g/mol. The van der Waals surface area contributed by atoms with Crippen LogP contribution in [0.1, 0.15) is 17.5 Å². The van der Waals surface area contributed by atoms with E-state index in [0.717, 1.165) is 45.5 Å². The molecule has 1 heterocycles. The first-order valence-corrected chi connectivity index (χ1v) is 8.46. The van der Waals surface area contributed by atoms with Gasteiger partial charge in [-0.2, -0.15) is 0 Å². The maximum atomic E-state index is 13.7. The van der Waals surface area contributed by atoms with Gasteiger partial charge in [0.05, 0.1) is 5.02 Å². The molecule has 0 aliphatic carbocycles. The molecule has 2 aromatic rings. The molecule has 0 aromatic heterocycles. The fourth-order valence-electron chi connectivity index (χ4n) is 2.52. The lowest BCUT2D eigenvalue weighted by molar-refractivity contribution is 0.625. The van der Waals surface area contributed by atoms with E-state index in [9.17, 15) is 4.39 Å². The van der Waals surface area contributed by atoms with Gasteiger partial charge in [-0.1, -0.05) is 35.5 Å². The first-order chi connectivity index (χ1) is 10.6. The lowest BCUT2D eigenvalue weighted by Crippen LogP contribution is -2.20. The van der Waals surface area contributed by atoms with Crippen LogP contribution in [0.3, 0.4) is 0 Å². The van der Waals surface area contributed by atoms with E-state index in [2.05, 4.69) is 11.4 Å². The summed E-state index contributed by atoms with van der Waals surface area (Å²) < 4.78 is 13.7. The number of rotatable bonds is 3. The molecular weight excluding hydrogens is 317 g/mol. The molecule has 0 spiro atoms. The highest BCUT2D eigenvalue weighted by Crippen LogP contribution is 2.38. The predicted octanol–water partition coefficient (Wildman–Crippen LogP) is 5.32. The third-order valence-electron chi connectivity index (χ3n) is 3.66. The van der Waals surface area contributed by atoms with E-state index in [1.807, 2.05) is 31.2 Å². The van der Waals surface area contributed by atoms with Gasteiger partial charge in [-0.05, 0) is 66.9 Å². The molecule has 0 bridgehead atoms. The van der Waals surface area contributed by atoms with E-state index in [-0.39, 0.29) is 5.82 Å². The molecule has 0 radical (unpaired) electrons. The van der Waals surface area contributed by atoms with Gasteiger partial charge in [0.1, 0.15) is 5.82 Å². The zero-order valence-corrected chi connectivity index (χ0v) is 13.9. The number of benzene rings is 2. The Labute approximate surface area is 139 Å². The van der Waals surface area contributed by atoms with Crippen LogP contribution < -0.4 is 5.32 Å². The van der Waals surface area contributed by atoms with Crippen LogP contribution >= 0.6 is 23.4 Å². The Morgan fingerprint density at radius 3 is 2.68 bits per heavy atom. The van der Waals surface area contributed by atoms with Crippen molar-refractivity contribution in [1.82, 2.24) is 5.32 Å². The Kier molecular flexibility index (Phi) is 4.87. The Morgan fingerprint density at radius 1 is 1.14 bits per heavy atom. The van der Waals surface area contributed by atoms with E-state index < -0.39 is 0 Å². The predicted molar refractivity (Wildman–Crippen MR) is 92.2 cm³/mol. The smallest absolute Gasteiger partial charge is 0.123 e. The van der Waals surface area contributed by atoms with Gasteiger partial charge in [0, 0.05) is 16.3 Å². The number of nitrogens with one attached hydrogen (secondary N) is 1. The molecule has 3 rings (SSSR count). The maximum Gasteiger partial charge on any atom is 0.123 e. The minimum Gasteiger partial charge on any atom is -0.313 e. The van der Waals surface area contributed by atoms with Crippen molar-refractivity contribution in [1.29, 1.82) is 0 Å². The summed E-state index contributed by atoms with van der Waals surface area (Å²) in [7, 11) is 0. The SMILES string of the molecule is Cc1ccc(Sc2ccc(F)cc2C2=CCNCC2)c(Cl)c1. The molecule has 0 saturated heterocycles. The molecule has 2 aromatic carbocycles. The molecule has 0 atom stereocenters. The highest BCUT2D eigenvalue weighted by Gasteiger charge is 2.13. The van der Waals surface area contributed by atoms with Crippen LogP contribution in [0.2, 0.25) is 5.02 Å². The van der Waals surface area contributed by atoms with E-state index in [1.165, 1.54) is 11.6 Å². The van der Waals surface area contributed by atoms with Gasteiger partial charge in [0.2, 0.25) is 0 Å². The van der Waals surface area contributed by atoms with Gasteiger partial charge in [-0.3, -0.25) is 0 Å². The van der Waals surface area contributed by atoms with Gasteiger partial charge < -0.3 is 5.32 Å². The minimum absolute atomic E-state index is 0.200. The number of hydrogen-bond donors (Lipinski definition) is 1. The molecule has 1 nitrogen and oxygen atoms in total. The molecule has 114 valence electrons. The van der Waals surface area contributed by atoms with Crippen LogP contribution in [-0.2, 0) is 0 Å². The largest absolute Gasteiger partial charge is 0.313 e. The van der Waals surface area contributed by atoms with Crippen molar-refractivity contribution in [2.75, 3.05) is 13.1 Å². The summed E-state index contributed by atoms with van der Waals surface area (Å²) in [6.07, 6.45) is 3.05. The summed E-state index contributed by atoms with van der Waals surface area (Å²) in [5.41, 5.74) is 3.31. The zero-order chi connectivity index (χ0) is 15.5. The lowest BCUT2D eigenvalue weighted by Gasteiger charge is -2.17. The van der Waals surface area contributed by atoms with Crippen LogP contribution in [0.4, 0.5) is 4.39 Å². The molecule has 4 heteroatoms. The van der Waals surface area contributed by atoms with Crippen molar-refractivity contribution in [3.05, 3.63) is 64.4 Å². The van der Waals surface area contributed by atoms with Gasteiger partial charge in [-0.25, -0.2) is 4.39 Å². The Hall–Kier alpha value is -1.29. The monoisotopic (exact) mass is 333 g/mol. The molecule has 1 aliphatic heterocycles. The molecule has 0 saturated carbocycles. The van der Waals surface area contributed by atoms with Crippen molar-refractivity contribution in [3.63, 3.8) is 0 Å². The highest BCUT2D eigenvalue weighted by molar-refractivity contribution is 7.99. The van der Waals surface area contributed by atoms with Crippen molar-refractivity contribution in [3.8, 4) is 0 Å². The van der Waals surface area contributed by atoms with Crippen LogP contribution in [0.5, 0.6) is 0 Å². The Bertz CT molecular complexity index is 727. The summed E-state index contributed by atoms with van der Waals surface area (Å²) in [5, 5.41) is 4.02. The molecule has 0 amide bonds. The second-order valence-corrected chi connectivity index (χ2v) is 6.85. The van der Waals surface area contributed by atoms with Gasteiger partial charge in [0.25, 0.3) is 0 Å². The average Bonchev–Trinajstić information content (AvgIpc) is 2.52. The number of halogens is 2. The van der Waals surface area contributed by atoms with Crippen molar-refractivity contribution in [2.45, 2.75) is 23.1 Å². The normalized spacial score (nSPS) is 14.8. The zero-order valence-electron chi connectivity index (χ0n) is 12.3. The molecule has 0 unspecified atom stereocenters. The molecule has 1 N–H and O–H groups in total. The van der Waals surface area contributed by atoms with Crippen LogP contribution in [0, 0.1) is 12.7 Å². The first-order valence-electron chi connectivity index (χ1n) is 7.27. The molecule has 0 fully saturated rings. The summed E-state index contributed by atoms with van der Waals surface area (Å²) >= 11 is 7.92. The topological polar surface area (TPSA) is 12.0 Å². The van der Waals surface area contributed by atoms with Crippen molar-refractivity contribution in [2.24, 2.45) is 0 Å². The molecule has 1 aliphatic rings. The summed E-state index contributed by atoms with van der Waals surface area (Å²) in [6.45, 7) is 3.78. The van der Waals surface area contributed by atoms with E-state index >= 15 is 0 Å². The van der Waals surface area contributed by atoms with Crippen molar-refractivity contribution < 1.29 is 4.39 Å². The van der Waals surface area contributed by atoms with Gasteiger partial charge in [-0.15, -0.1) is 0 Å². The third kappa shape index (κ3) is 3.54. The van der Waals surface area contributed by atoms with Crippen LogP contribution in [0.15, 0.2) is 52.3 Å². The van der Waals surface area contributed by atoms with Gasteiger partial charge >= 0.3 is 0 Å². The Balaban J connectivity index is 1.98. The fraction of sp³-hybridized carbons (Fsp3) is 0.222. The highest BCUT2D eigenvalue weighted by atomic mass is 35.5. The fourth-order valence-corrected chi connectivity index (χ4v) is 3.83. The maximum absolute atomic E-state index is 13.7. The second-order valence-electron chi connectivity index (χ2n) is 5.36. The molecule has 22 heavy (non-hydrogen) atoms. The van der Waals surface area contributed by atoms with E-state index in [0.29, 0.717) is 0 Å². The first kappa shape index (κ1) is 15.6. The van der Waals surface area contributed by atoms with E-state index in [1.54, 1.807) is 17.8 Å².